The summed E-state index contributed by atoms with van der Waals surface area (Å²) in [6.45, 7) is 0.584. The predicted octanol–water partition coefficient (Wildman–Crippen LogP) is 3.99. The predicted molar refractivity (Wildman–Crippen MR) is 111 cm³/mol. The van der Waals surface area contributed by atoms with Gasteiger partial charge in [-0.25, -0.2) is 13.4 Å². The number of carbonyl (C=O) groups is 1. The number of benzene rings is 2. The summed E-state index contributed by atoms with van der Waals surface area (Å²) in [5.74, 6) is -0.624. The van der Waals surface area contributed by atoms with E-state index in [2.05, 4.69) is 10.3 Å². The number of sulfonamides is 1. The molecule has 1 saturated heterocycles. The number of carbonyl (C=O) groups excluding carboxylic acids is 1. The minimum Gasteiger partial charge on any atom is -0.302 e. The third kappa shape index (κ3) is 3.91. The van der Waals surface area contributed by atoms with Gasteiger partial charge in [0.1, 0.15) is 0 Å². The molecule has 28 heavy (non-hydrogen) atoms. The van der Waals surface area contributed by atoms with Gasteiger partial charge in [-0.05, 0) is 43.2 Å². The van der Waals surface area contributed by atoms with Crippen LogP contribution in [0.2, 0.25) is 5.02 Å². The number of nitrogens with zero attached hydrogens (tertiary/aromatic N) is 2. The zero-order valence-electron chi connectivity index (χ0n) is 14.8. The number of nitrogens with one attached hydrogen (secondary N) is 1. The molecule has 0 bridgehead atoms. The first kappa shape index (κ1) is 19.3. The van der Waals surface area contributed by atoms with Crippen LogP contribution in [0.3, 0.4) is 0 Å². The van der Waals surface area contributed by atoms with Crippen LogP contribution in [0.5, 0.6) is 0 Å². The molecule has 0 saturated carbocycles. The molecule has 1 unspecified atom stereocenters. The van der Waals surface area contributed by atoms with Crippen molar-refractivity contribution in [1.82, 2.24) is 9.29 Å². The summed E-state index contributed by atoms with van der Waals surface area (Å²) in [6, 6.07) is 13.7. The number of anilines is 1. The summed E-state index contributed by atoms with van der Waals surface area (Å²) < 4.78 is 28.0. The maximum Gasteiger partial charge on any atom is 0.243 e. The molecule has 1 fully saturated rings. The second-order valence-electron chi connectivity index (χ2n) is 6.64. The molecule has 1 atom stereocenters. The van der Waals surface area contributed by atoms with Crippen molar-refractivity contribution in [2.75, 3.05) is 18.4 Å². The molecule has 9 heteroatoms. The van der Waals surface area contributed by atoms with E-state index in [0.717, 1.165) is 10.2 Å². The smallest absolute Gasteiger partial charge is 0.243 e. The Morgan fingerprint density at radius 2 is 2.00 bits per heavy atom. The van der Waals surface area contributed by atoms with Crippen molar-refractivity contribution < 1.29 is 13.2 Å². The first-order valence-corrected chi connectivity index (χ1v) is 11.5. The quantitative estimate of drug-likeness (QED) is 0.672. The van der Waals surface area contributed by atoms with Gasteiger partial charge in [0.25, 0.3) is 0 Å². The van der Waals surface area contributed by atoms with Crippen molar-refractivity contribution in [1.29, 1.82) is 0 Å². The highest BCUT2D eigenvalue weighted by atomic mass is 35.5. The molecule has 0 aliphatic carbocycles. The third-order valence-electron chi connectivity index (χ3n) is 4.72. The lowest BCUT2D eigenvalue weighted by atomic mass is 9.99. The van der Waals surface area contributed by atoms with Crippen LogP contribution in [0.25, 0.3) is 10.2 Å². The summed E-state index contributed by atoms with van der Waals surface area (Å²) in [5, 5.41) is 3.94. The number of hydrogen-bond acceptors (Lipinski definition) is 5. The first-order chi connectivity index (χ1) is 13.4. The number of piperidine rings is 1. The molecule has 0 radical (unpaired) electrons. The molecule has 1 aliphatic rings. The van der Waals surface area contributed by atoms with Crippen LogP contribution < -0.4 is 5.32 Å². The minimum absolute atomic E-state index is 0.166. The summed E-state index contributed by atoms with van der Waals surface area (Å²) in [6.07, 6.45) is 1.28. The Morgan fingerprint density at radius 1 is 1.21 bits per heavy atom. The zero-order chi connectivity index (χ0) is 19.7. The van der Waals surface area contributed by atoms with Gasteiger partial charge in [0, 0.05) is 18.1 Å². The highest BCUT2D eigenvalue weighted by Gasteiger charge is 2.33. The summed E-state index contributed by atoms with van der Waals surface area (Å²) in [4.78, 5) is 17.4. The van der Waals surface area contributed by atoms with Gasteiger partial charge in [0.15, 0.2) is 5.13 Å². The number of thiazole rings is 1. The fraction of sp³-hybridized carbons (Fsp3) is 0.263. The van der Waals surface area contributed by atoms with Crippen molar-refractivity contribution in [3.05, 3.63) is 53.6 Å². The van der Waals surface area contributed by atoms with E-state index in [0.29, 0.717) is 29.5 Å². The van der Waals surface area contributed by atoms with Crippen molar-refractivity contribution >= 4 is 54.2 Å². The van der Waals surface area contributed by atoms with Gasteiger partial charge in [0.2, 0.25) is 15.9 Å². The molecule has 6 nitrogen and oxygen atoms in total. The lowest BCUT2D eigenvalue weighted by molar-refractivity contribution is -0.120. The van der Waals surface area contributed by atoms with Gasteiger partial charge in [-0.2, -0.15) is 4.31 Å². The van der Waals surface area contributed by atoms with E-state index >= 15 is 0 Å². The fourth-order valence-corrected chi connectivity index (χ4v) is 5.97. The lowest BCUT2D eigenvalue weighted by Gasteiger charge is -2.31. The Kier molecular flexibility index (Phi) is 5.37. The Hall–Kier alpha value is -2.00. The van der Waals surface area contributed by atoms with E-state index < -0.39 is 15.9 Å². The average Bonchev–Trinajstić information content (AvgIpc) is 3.10. The van der Waals surface area contributed by atoms with E-state index in [-0.39, 0.29) is 17.3 Å². The standard InChI is InChI=1S/C19H18ClN3O3S2/c20-14-8-9-16-17(11-14)27-19(21-16)22-18(24)13-5-4-10-23(12-13)28(25,26)15-6-2-1-3-7-15/h1-3,6-9,11,13H,4-5,10,12H2,(H,21,22,24). The molecule has 146 valence electrons. The molecule has 1 aliphatic heterocycles. The van der Waals surface area contributed by atoms with Crippen LogP contribution in [0, 0.1) is 5.92 Å². The van der Waals surface area contributed by atoms with Crippen LogP contribution in [0.1, 0.15) is 12.8 Å². The largest absolute Gasteiger partial charge is 0.302 e. The topological polar surface area (TPSA) is 79.4 Å². The number of fused-ring (bicyclic) bond motifs is 1. The van der Waals surface area contributed by atoms with E-state index in [1.807, 2.05) is 0 Å². The van der Waals surface area contributed by atoms with Crippen molar-refractivity contribution in [2.24, 2.45) is 5.92 Å². The molecule has 1 amide bonds. The van der Waals surface area contributed by atoms with Gasteiger partial charge in [0.05, 0.1) is 21.0 Å². The normalized spacial score (nSPS) is 18.2. The van der Waals surface area contributed by atoms with Gasteiger partial charge in [-0.15, -0.1) is 0 Å². The second kappa shape index (κ2) is 7.79. The second-order valence-corrected chi connectivity index (χ2v) is 10.0. The Labute approximate surface area is 172 Å². The molecule has 1 aromatic heterocycles. The van der Waals surface area contributed by atoms with E-state index in [9.17, 15) is 13.2 Å². The van der Waals surface area contributed by atoms with Gasteiger partial charge in [-0.1, -0.05) is 41.1 Å². The van der Waals surface area contributed by atoms with Crippen LogP contribution >= 0.6 is 22.9 Å². The molecule has 2 heterocycles. The number of halogens is 1. The molecule has 0 spiro atoms. The fourth-order valence-electron chi connectivity index (χ4n) is 3.28. The molecule has 1 N–H and O–H groups in total. The average molecular weight is 436 g/mol. The van der Waals surface area contributed by atoms with Gasteiger partial charge >= 0.3 is 0 Å². The monoisotopic (exact) mass is 435 g/mol. The summed E-state index contributed by atoms with van der Waals surface area (Å²) in [7, 11) is -3.60. The summed E-state index contributed by atoms with van der Waals surface area (Å²) in [5.41, 5.74) is 0.765. The maximum atomic E-state index is 12.8. The third-order valence-corrected chi connectivity index (χ3v) is 7.76. The van der Waals surface area contributed by atoms with E-state index in [1.165, 1.54) is 15.6 Å². The minimum atomic E-state index is -3.60. The van der Waals surface area contributed by atoms with Gasteiger partial charge in [-0.3, -0.25) is 4.79 Å². The van der Waals surface area contributed by atoms with Gasteiger partial charge < -0.3 is 5.32 Å². The molecule has 2 aromatic carbocycles. The van der Waals surface area contributed by atoms with Crippen molar-refractivity contribution in [3.63, 3.8) is 0 Å². The zero-order valence-corrected chi connectivity index (χ0v) is 17.2. The van der Waals surface area contributed by atoms with Crippen LogP contribution in [0.4, 0.5) is 5.13 Å². The van der Waals surface area contributed by atoms with Crippen LogP contribution in [-0.2, 0) is 14.8 Å². The van der Waals surface area contributed by atoms with Crippen molar-refractivity contribution in [2.45, 2.75) is 17.7 Å². The lowest BCUT2D eigenvalue weighted by Crippen LogP contribution is -2.43. The molecule has 4 rings (SSSR count). The number of amides is 1. The van der Waals surface area contributed by atoms with Crippen molar-refractivity contribution in [3.8, 4) is 0 Å². The summed E-state index contributed by atoms with van der Waals surface area (Å²) >= 11 is 7.34. The molecular weight excluding hydrogens is 418 g/mol. The highest BCUT2D eigenvalue weighted by Crippen LogP contribution is 2.30. The maximum absolute atomic E-state index is 12.8. The highest BCUT2D eigenvalue weighted by molar-refractivity contribution is 7.89. The Balaban J connectivity index is 1.48. The SMILES string of the molecule is O=C(Nc1nc2ccc(Cl)cc2s1)C1CCCN(S(=O)(=O)c2ccccc2)C1. The van der Waals surface area contributed by atoms with Crippen LogP contribution in [-0.4, -0.2) is 36.7 Å². The number of hydrogen-bond donors (Lipinski definition) is 1. The first-order valence-electron chi connectivity index (χ1n) is 8.85. The van der Waals surface area contributed by atoms with E-state index in [4.69, 9.17) is 11.6 Å². The number of rotatable bonds is 4. The Bertz CT molecular complexity index is 1120. The van der Waals surface area contributed by atoms with E-state index in [1.54, 1.807) is 48.5 Å². The Morgan fingerprint density at radius 3 is 2.79 bits per heavy atom. The molecular formula is C19H18ClN3O3S2. The molecule has 3 aromatic rings. The van der Waals surface area contributed by atoms with Crippen LogP contribution in [0.15, 0.2) is 53.4 Å². The number of aromatic nitrogens is 1.